The first-order chi connectivity index (χ1) is 10.2. The van der Waals surface area contributed by atoms with Crippen LogP contribution in [0.4, 0.5) is 0 Å². The van der Waals surface area contributed by atoms with Crippen molar-refractivity contribution in [3.63, 3.8) is 0 Å². The molecule has 1 aliphatic carbocycles. The number of nitrogens with one attached hydrogen (secondary N) is 1. The van der Waals surface area contributed by atoms with Gasteiger partial charge in [-0.1, -0.05) is 38.0 Å². The minimum absolute atomic E-state index is 0.0173. The minimum Gasteiger partial charge on any atom is -0.349 e. The standard InChI is InChI=1S/C17H21N3O/c1-13-6-5-7-15(10-13)19-17(21)14-11-18-20(12-14)16-8-3-2-4-9-16/h2-4,8-9,11-13,15H,5-7,10H2,1H3,(H,19,21). The van der Waals surface area contributed by atoms with Crippen molar-refractivity contribution in [3.05, 3.63) is 48.3 Å². The van der Waals surface area contributed by atoms with Gasteiger partial charge >= 0.3 is 0 Å². The zero-order valence-corrected chi connectivity index (χ0v) is 12.3. The van der Waals surface area contributed by atoms with E-state index in [1.54, 1.807) is 17.1 Å². The number of para-hydroxylation sites is 1. The first-order valence-corrected chi connectivity index (χ1v) is 7.63. The molecule has 1 aliphatic rings. The molecule has 0 spiro atoms. The Morgan fingerprint density at radius 2 is 2.10 bits per heavy atom. The summed E-state index contributed by atoms with van der Waals surface area (Å²) in [6, 6.07) is 10.1. The lowest BCUT2D eigenvalue weighted by atomic mass is 9.87. The van der Waals surface area contributed by atoms with Gasteiger partial charge in [0.1, 0.15) is 0 Å². The summed E-state index contributed by atoms with van der Waals surface area (Å²) >= 11 is 0. The third-order valence-electron chi connectivity index (χ3n) is 4.14. The molecule has 2 aromatic rings. The van der Waals surface area contributed by atoms with E-state index < -0.39 is 0 Å². The molecule has 4 nitrogen and oxygen atoms in total. The van der Waals surface area contributed by atoms with Crippen LogP contribution in [0, 0.1) is 5.92 Å². The second-order valence-electron chi connectivity index (χ2n) is 5.95. The van der Waals surface area contributed by atoms with Gasteiger partial charge in [-0.2, -0.15) is 5.10 Å². The summed E-state index contributed by atoms with van der Waals surface area (Å²) in [5.41, 5.74) is 1.58. The van der Waals surface area contributed by atoms with Gasteiger partial charge in [0.25, 0.3) is 5.91 Å². The average molecular weight is 283 g/mol. The molecule has 1 N–H and O–H groups in total. The number of carbonyl (C=O) groups excluding carboxylic acids is 1. The first-order valence-electron chi connectivity index (χ1n) is 7.63. The summed E-state index contributed by atoms with van der Waals surface area (Å²) in [4.78, 5) is 12.3. The third kappa shape index (κ3) is 3.32. The maximum atomic E-state index is 12.3. The van der Waals surface area contributed by atoms with Gasteiger partial charge in [-0.25, -0.2) is 4.68 Å². The summed E-state index contributed by atoms with van der Waals surface area (Å²) in [5.74, 6) is 0.687. The molecule has 0 saturated heterocycles. The minimum atomic E-state index is -0.0173. The topological polar surface area (TPSA) is 46.9 Å². The third-order valence-corrected chi connectivity index (χ3v) is 4.14. The number of amides is 1. The van der Waals surface area contributed by atoms with Crippen molar-refractivity contribution in [2.75, 3.05) is 0 Å². The highest BCUT2D eigenvalue weighted by atomic mass is 16.1. The predicted octanol–water partition coefficient (Wildman–Crippen LogP) is 3.18. The molecule has 1 fully saturated rings. The Morgan fingerprint density at radius 1 is 1.29 bits per heavy atom. The highest BCUT2D eigenvalue weighted by molar-refractivity contribution is 5.94. The predicted molar refractivity (Wildman–Crippen MR) is 82.5 cm³/mol. The van der Waals surface area contributed by atoms with E-state index in [0.29, 0.717) is 17.5 Å². The zero-order valence-electron chi connectivity index (χ0n) is 12.3. The van der Waals surface area contributed by atoms with Crippen molar-refractivity contribution in [1.82, 2.24) is 15.1 Å². The van der Waals surface area contributed by atoms with E-state index in [2.05, 4.69) is 17.3 Å². The Balaban J connectivity index is 1.67. The summed E-state index contributed by atoms with van der Waals surface area (Å²) in [5, 5.41) is 7.41. The summed E-state index contributed by atoms with van der Waals surface area (Å²) < 4.78 is 1.73. The van der Waals surface area contributed by atoms with Crippen molar-refractivity contribution >= 4 is 5.91 Å². The maximum Gasteiger partial charge on any atom is 0.254 e. The van der Waals surface area contributed by atoms with E-state index in [-0.39, 0.29) is 5.91 Å². The summed E-state index contributed by atoms with van der Waals surface area (Å²) in [7, 11) is 0. The molecule has 3 rings (SSSR count). The molecule has 110 valence electrons. The van der Waals surface area contributed by atoms with E-state index in [4.69, 9.17) is 0 Å². The van der Waals surface area contributed by atoms with Crippen LogP contribution in [0.5, 0.6) is 0 Å². The smallest absolute Gasteiger partial charge is 0.254 e. The Bertz CT molecular complexity index is 606. The van der Waals surface area contributed by atoms with Crippen LogP contribution >= 0.6 is 0 Å². The SMILES string of the molecule is CC1CCCC(NC(=O)c2cnn(-c3ccccc3)c2)C1. The molecular weight excluding hydrogens is 262 g/mol. The molecule has 1 amide bonds. The Morgan fingerprint density at radius 3 is 2.86 bits per heavy atom. The van der Waals surface area contributed by atoms with Crippen LogP contribution in [-0.2, 0) is 0 Å². The molecule has 0 radical (unpaired) electrons. The van der Waals surface area contributed by atoms with E-state index in [1.807, 2.05) is 30.3 Å². The second-order valence-corrected chi connectivity index (χ2v) is 5.95. The largest absolute Gasteiger partial charge is 0.349 e. The highest BCUT2D eigenvalue weighted by Gasteiger charge is 2.21. The monoisotopic (exact) mass is 283 g/mol. The van der Waals surface area contributed by atoms with Gasteiger partial charge in [0.2, 0.25) is 0 Å². The average Bonchev–Trinajstić information content (AvgIpc) is 2.98. The number of hydrogen-bond donors (Lipinski definition) is 1. The number of hydrogen-bond acceptors (Lipinski definition) is 2. The van der Waals surface area contributed by atoms with Crippen molar-refractivity contribution in [1.29, 1.82) is 0 Å². The highest BCUT2D eigenvalue weighted by Crippen LogP contribution is 2.23. The van der Waals surface area contributed by atoms with Gasteiger partial charge in [-0.15, -0.1) is 0 Å². The van der Waals surface area contributed by atoms with Crippen LogP contribution in [-0.4, -0.2) is 21.7 Å². The quantitative estimate of drug-likeness (QED) is 0.940. The van der Waals surface area contributed by atoms with Crippen LogP contribution in [0.25, 0.3) is 5.69 Å². The van der Waals surface area contributed by atoms with Crippen LogP contribution in [0.1, 0.15) is 43.0 Å². The molecule has 21 heavy (non-hydrogen) atoms. The number of rotatable bonds is 3. The molecule has 0 bridgehead atoms. The number of aromatic nitrogens is 2. The number of carbonyl (C=O) groups is 1. The fourth-order valence-electron chi connectivity index (χ4n) is 3.00. The molecular formula is C17H21N3O. The van der Waals surface area contributed by atoms with Gasteiger partial charge in [0.05, 0.1) is 17.4 Å². The van der Waals surface area contributed by atoms with Gasteiger partial charge in [-0.3, -0.25) is 4.79 Å². The van der Waals surface area contributed by atoms with Crippen LogP contribution < -0.4 is 5.32 Å². The summed E-state index contributed by atoms with van der Waals surface area (Å²) in [6.45, 7) is 2.26. The lowest BCUT2D eigenvalue weighted by Gasteiger charge is -2.27. The number of nitrogens with zero attached hydrogens (tertiary/aromatic N) is 2. The lowest BCUT2D eigenvalue weighted by Crippen LogP contribution is -2.37. The fourth-order valence-corrected chi connectivity index (χ4v) is 3.00. The number of benzene rings is 1. The molecule has 1 aromatic carbocycles. The Kier molecular flexibility index (Phi) is 4.04. The van der Waals surface area contributed by atoms with Crippen molar-refractivity contribution in [2.24, 2.45) is 5.92 Å². The van der Waals surface area contributed by atoms with Gasteiger partial charge in [0.15, 0.2) is 0 Å². The zero-order chi connectivity index (χ0) is 14.7. The molecule has 2 atom stereocenters. The van der Waals surface area contributed by atoms with Gasteiger partial charge in [0, 0.05) is 12.2 Å². The normalized spacial score (nSPS) is 22.0. The molecule has 1 saturated carbocycles. The molecule has 0 aliphatic heterocycles. The van der Waals surface area contributed by atoms with E-state index in [0.717, 1.165) is 18.5 Å². The van der Waals surface area contributed by atoms with Crippen LogP contribution in [0.2, 0.25) is 0 Å². The molecule has 1 heterocycles. The van der Waals surface area contributed by atoms with Crippen molar-refractivity contribution in [2.45, 2.75) is 38.6 Å². The van der Waals surface area contributed by atoms with Gasteiger partial charge < -0.3 is 5.32 Å². The molecule has 1 aromatic heterocycles. The van der Waals surface area contributed by atoms with E-state index in [1.165, 1.54) is 12.8 Å². The van der Waals surface area contributed by atoms with Crippen molar-refractivity contribution < 1.29 is 4.79 Å². The van der Waals surface area contributed by atoms with E-state index in [9.17, 15) is 4.79 Å². The Hall–Kier alpha value is -2.10. The van der Waals surface area contributed by atoms with E-state index >= 15 is 0 Å². The Labute approximate surface area is 125 Å². The molecule has 4 heteroatoms. The lowest BCUT2D eigenvalue weighted by molar-refractivity contribution is 0.0921. The van der Waals surface area contributed by atoms with Crippen molar-refractivity contribution in [3.8, 4) is 5.69 Å². The second kappa shape index (κ2) is 6.12. The first kappa shape index (κ1) is 13.9. The molecule has 2 unspecified atom stereocenters. The van der Waals surface area contributed by atoms with Crippen LogP contribution in [0.15, 0.2) is 42.7 Å². The van der Waals surface area contributed by atoms with Crippen LogP contribution in [0.3, 0.4) is 0 Å². The van der Waals surface area contributed by atoms with Gasteiger partial charge in [-0.05, 0) is 30.9 Å². The maximum absolute atomic E-state index is 12.3. The summed E-state index contributed by atoms with van der Waals surface area (Å²) in [6.07, 6.45) is 8.07. The fraction of sp³-hybridized carbons (Fsp3) is 0.412.